The van der Waals surface area contributed by atoms with Crippen LogP contribution in [-0.4, -0.2) is 31.2 Å². The zero-order chi connectivity index (χ0) is 15.5. The molecule has 1 N–H and O–H groups in total. The summed E-state index contributed by atoms with van der Waals surface area (Å²) in [7, 11) is 0. The number of carbonyl (C=O) groups is 2. The van der Waals surface area contributed by atoms with E-state index in [2.05, 4.69) is 0 Å². The van der Waals surface area contributed by atoms with Crippen molar-refractivity contribution in [3.05, 3.63) is 29.8 Å². The normalized spacial score (nSPS) is 9.95. The minimum Gasteiger partial charge on any atom is -0.494 e. The number of ketones is 1. The van der Waals surface area contributed by atoms with Crippen LogP contribution >= 0.6 is 0 Å². The largest absolute Gasteiger partial charge is 0.494 e. The van der Waals surface area contributed by atoms with E-state index in [1.165, 1.54) is 6.92 Å². The maximum atomic E-state index is 11.1. The molecule has 0 aromatic heterocycles. The molecule has 0 heterocycles. The van der Waals surface area contributed by atoms with Crippen LogP contribution in [0.4, 0.5) is 0 Å². The van der Waals surface area contributed by atoms with Gasteiger partial charge in [-0.15, -0.1) is 0 Å². The topological polar surface area (TPSA) is 76.5 Å². The molecule has 1 rings (SSSR count). The van der Waals surface area contributed by atoms with Gasteiger partial charge in [0.05, 0.1) is 13.2 Å². The molecule has 0 aliphatic carbocycles. The van der Waals surface area contributed by atoms with Crippen LogP contribution in [0.5, 0.6) is 5.75 Å². The first kappa shape index (κ1) is 16.9. The molecule has 1 aromatic rings. The van der Waals surface area contributed by atoms with Gasteiger partial charge in [-0.3, -0.25) is 4.79 Å². The van der Waals surface area contributed by atoms with Crippen molar-refractivity contribution in [2.75, 3.05) is 13.2 Å². The smallest absolute Gasteiger partial charge is 0.348 e. The Labute approximate surface area is 124 Å². The fraction of sp³-hybridized carbons (Fsp3) is 0.438. The molecular formula is C16H21NO4. The highest BCUT2D eigenvalue weighted by atomic mass is 16.5. The molecule has 5 nitrogen and oxygen atoms in total. The molecule has 114 valence electrons. The maximum absolute atomic E-state index is 11.1. The standard InChI is InChI=1S/C16H21NO4/c1-13(18)14-6-8-15(9-7-14)20-10-4-2-3-5-11-21-16(19)12-17/h6-9,12,17H,2-5,10-11H2,1H3. The summed E-state index contributed by atoms with van der Waals surface area (Å²) in [5.74, 6) is 0.220. The van der Waals surface area contributed by atoms with Crippen LogP contribution in [0.1, 0.15) is 43.0 Å². The molecule has 0 saturated carbocycles. The molecule has 0 saturated heterocycles. The molecule has 0 amide bonds. The third kappa shape index (κ3) is 7.25. The molecular weight excluding hydrogens is 270 g/mol. The van der Waals surface area contributed by atoms with Crippen molar-refractivity contribution in [3.8, 4) is 5.75 Å². The first-order chi connectivity index (χ1) is 10.1. The van der Waals surface area contributed by atoms with Crippen molar-refractivity contribution < 1.29 is 19.1 Å². The van der Waals surface area contributed by atoms with E-state index in [-0.39, 0.29) is 5.78 Å². The van der Waals surface area contributed by atoms with E-state index in [0.29, 0.717) is 25.0 Å². The molecule has 0 spiro atoms. The van der Waals surface area contributed by atoms with Gasteiger partial charge in [0.15, 0.2) is 5.78 Å². The van der Waals surface area contributed by atoms with Crippen molar-refractivity contribution in [2.24, 2.45) is 0 Å². The molecule has 5 heteroatoms. The summed E-state index contributed by atoms with van der Waals surface area (Å²) in [6.45, 7) is 2.52. The highest BCUT2D eigenvalue weighted by molar-refractivity contribution is 6.21. The Bertz CT molecular complexity index is 468. The second-order valence-electron chi connectivity index (χ2n) is 4.66. The molecule has 21 heavy (non-hydrogen) atoms. The number of nitrogens with one attached hydrogen (secondary N) is 1. The summed E-state index contributed by atoms with van der Waals surface area (Å²) in [5.41, 5.74) is 0.682. The number of Topliss-reactive ketones (excluding diaryl/α,β-unsaturated/α-hetero) is 1. The first-order valence-electron chi connectivity index (χ1n) is 7.04. The van der Waals surface area contributed by atoms with E-state index in [1.54, 1.807) is 24.3 Å². The van der Waals surface area contributed by atoms with Crippen molar-refractivity contribution in [3.63, 3.8) is 0 Å². The third-order valence-electron chi connectivity index (χ3n) is 2.93. The van der Waals surface area contributed by atoms with Gasteiger partial charge in [-0.05, 0) is 56.9 Å². The Balaban J connectivity index is 2.05. The van der Waals surface area contributed by atoms with E-state index in [9.17, 15) is 9.59 Å². The number of unbranched alkanes of at least 4 members (excludes halogenated alkanes) is 3. The van der Waals surface area contributed by atoms with Gasteiger partial charge >= 0.3 is 5.97 Å². The monoisotopic (exact) mass is 291 g/mol. The molecule has 0 unspecified atom stereocenters. The molecule has 0 radical (unpaired) electrons. The van der Waals surface area contributed by atoms with Crippen LogP contribution in [0, 0.1) is 5.41 Å². The fourth-order valence-electron chi connectivity index (χ4n) is 1.75. The van der Waals surface area contributed by atoms with Gasteiger partial charge in [0.25, 0.3) is 0 Å². The predicted octanol–water partition coefficient (Wildman–Crippen LogP) is 3.02. The molecule has 1 aromatic carbocycles. The molecule has 0 bridgehead atoms. The van der Waals surface area contributed by atoms with Crippen LogP contribution in [0.3, 0.4) is 0 Å². The molecule has 0 aliphatic rings. The number of hydrogen-bond acceptors (Lipinski definition) is 5. The number of hydrogen-bond donors (Lipinski definition) is 1. The van der Waals surface area contributed by atoms with E-state index < -0.39 is 5.97 Å². The summed E-state index contributed by atoms with van der Waals surface area (Å²) in [6.07, 6.45) is 4.34. The number of carbonyl (C=O) groups excluding carboxylic acids is 2. The van der Waals surface area contributed by atoms with E-state index in [4.69, 9.17) is 14.9 Å². The average molecular weight is 291 g/mol. The quantitative estimate of drug-likeness (QED) is 0.311. The Hall–Kier alpha value is -2.17. The number of ether oxygens (including phenoxy) is 2. The molecule has 0 fully saturated rings. The van der Waals surface area contributed by atoms with E-state index >= 15 is 0 Å². The lowest BCUT2D eigenvalue weighted by Gasteiger charge is -2.06. The van der Waals surface area contributed by atoms with Crippen molar-refractivity contribution in [1.29, 1.82) is 5.41 Å². The molecule has 0 atom stereocenters. The third-order valence-corrected chi connectivity index (χ3v) is 2.93. The minimum absolute atomic E-state index is 0.0465. The highest BCUT2D eigenvalue weighted by Gasteiger charge is 2.00. The van der Waals surface area contributed by atoms with Crippen molar-refractivity contribution in [2.45, 2.75) is 32.6 Å². The van der Waals surface area contributed by atoms with Gasteiger partial charge in [0.1, 0.15) is 12.0 Å². The van der Waals surface area contributed by atoms with Gasteiger partial charge in [0.2, 0.25) is 0 Å². The van der Waals surface area contributed by atoms with Crippen LogP contribution < -0.4 is 4.74 Å². The predicted molar refractivity (Wildman–Crippen MR) is 80.2 cm³/mol. The summed E-state index contributed by atoms with van der Waals surface area (Å²) < 4.78 is 10.3. The zero-order valence-corrected chi connectivity index (χ0v) is 12.3. The van der Waals surface area contributed by atoms with Crippen LogP contribution in [-0.2, 0) is 9.53 Å². The second kappa shape index (κ2) is 9.69. The second-order valence-corrected chi connectivity index (χ2v) is 4.66. The minimum atomic E-state index is -0.590. The number of esters is 1. The van der Waals surface area contributed by atoms with E-state index in [0.717, 1.165) is 31.4 Å². The molecule has 0 aliphatic heterocycles. The van der Waals surface area contributed by atoms with Gasteiger partial charge in [-0.1, -0.05) is 0 Å². The van der Waals surface area contributed by atoms with Gasteiger partial charge < -0.3 is 14.9 Å². The lowest BCUT2D eigenvalue weighted by Crippen LogP contribution is -2.06. The van der Waals surface area contributed by atoms with Gasteiger partial charge in [0, 0.05) is 5.56 Å². The first-order valence-corrected chi connectivity index (χ1v) is 7.04. The van der Waals surface area contributed by atoms with Gasteiger partial charge in [-0.25, -0.2) is 4.79 Å². The highest BCUT2D eigenvalue weighted by Crippen LogP contribution is 2.13. The lowest BCUT2D eigenvalue weighted by molar-refractivity contribution is -0.135. The van der Waals surface area contributed by atoms with Gasteiger partial charge in [-0.2, -0.15) is 0 Å². The average Bonchev–Trinajstić information content (AvgIpc) is 2.50. The number of rotatable bonds is 10. The summed E-state index contributed by atoms with van der Waals surface area (Å²) in [6, 6.07) is 7.12. The summed E-state index contributed by atoms with van der Waals surface area (Å²) >= 11 is 0. The SMILES string of the molecule is CC(=O)c1ccc(OCCCCCCOC(=O)C=N)cc1. The van der Waals surface area contributed by atoms with Crippen molar-refractivity contribution in [1.82, 2.24) is 0 Å². The number of benzene rings is 1. The Morgan fingerprint density at radius 1 is 1.05 bits per heavy atom. The fourth-order valence-corrected chi connectivity index (χ4v) is 1.75. The Kier molecular flexibility index (Phi) is 7.79. The zero-order valence-electron chi connectivity index (χ0n) is 12.3. The maximum Gasteiger partial charge on any atom is 0.348 e. The van der Waals surface area contributed by atoms with Crippen LogP contribution in [0.25, 0.3) is 0 Å². The Morgan fingerprint density at radius 2 is 1.67 bits per heavy atom. The van der Waals surface area contributed by atoms with Crippen LogP contribution in [0.15, 0.2) is 24.3 Å². The lowest BCUT2D eigenvalue weighted by atomic mass is 10.1. The summed E-state index contributed by atoms with van der Waals surface area (Å²) in [5, 5.41) is 6.66. The van der Waals surface area contributed by atoms with Crippen molar-refractivity contribution >= 4 is 18.0 Å². The van der Waals surface area contributed by atoms with E-state index in [1.807, 2.05) is 0 Å². The van der Waals surface area contributed by atoms with Crippen LogP contribution in [0.2, 0.25) is 0 Å². The summed E-state index contributed by atoms with van der Waals surface area (Å²) in [4.78, 5) is 21.8. The Morgan fingerprint density at radius 3 is 2.24 bits per heavy atom.